The molecule has 2 aromatic carbocycles. The Morgan fingerprint density at radius 3 is 2.75 bits per heavy atom. The van der Waals surface area contributed by atoms with Gasteiger partial charge >= 0.3 is 0 Å². The number of ether oxygens (including phenoxy) is 1. The number of benzene rings is 2. The first-order valence-electron chi connectivity index (χ1n) is 7.21. The maximum absolute atomic E-state index is 12.3. The molecular weight excluding hydrogens is 253 g/mol. The lowest BCUT2D eigenvalue weighted by Gasteiger charge is -2.19. The quantitative estimate of drug-likeness (QED) is 0.763. The van der Waals surface area contributed by atoms with Crippen molar-refractivity contribution in [2.75, 3.05) is 19.8 Å². The Bertz CT molecular complexity index is 556. The van der Waals surface area contributed by atoms with Crippen LogP contribution >= 0.6 is 0 Å². The molecule has 3 heteroatoms. The molecular formula is C17H22FNO. The van der Waals surface area contributed by atoms with E-state index in [4.69, 9.17) is 4.74 Å². The molecule has 0 radical (unpaired) electrons. The van der Waals surface area contributed by atoms with Crippen LogP contribution in [0.2, 0.25) is 0 Å². The van der Waals surface area contributed by atoms with Crippen LogP contribution in [0.5, 0.6) is 5.75 Å². The maximum Gasteiger partial charge on any atom is 0.131 e. The lowest BCUT2D eigenvalue weighted by molar-refractivity contribution is 0.288. The van der Waals surface area contributed by atoms with Gasteiger partial charge in [0.25, 0.3) is 0 Å². The van der Waals surface area contributed by atoms with Crippen molar-refractivity contribution in [1.82, 2.24) is 5.32 Å². The number of rotatable bonds is 7. The summed E-state index contributed by atoms with van der Waals surface area (Å²) in [5, 5.41) is 5.64. The van der Waals surface area contributed by atoms with Gasteiger partial charge in [-0.2, -0.15) is 0 Å². The Morgan fingerprint density at radius 1 is 1.20 bits per heavy atom. The van der Waals surface area contributed by atoms with Crippen LogP contribution in [0.3, 0.4) is 0 Å². The van der Waals surface area contributed by atoms with Crippen molar-refractivity contribution < 1.29 is 9.13 Å². The zero-order chi connectivity index (χ0) is 14.4. The lowest BCUT2D eigenvalue weighted by Crippen LogP contribution is -2.18. The van der Waals surface area contributed by atoms with E-state index in [2.05, 4.69) is 43.4 Å². The van der Waals surface area contributed by atoms with Crippen molar-refractivity contribution in [3.63, 3.8) is 0 Å². The lowest BCUT2D eigenvalue weighted by atomic mass is 10.0. The molecule has 0 heterocycles. The SMILES string of the molecule is CCNC(C)c1ccc2ccccc2c1OCCCF. The van der Waals surface area contributed by atoms with E-state index < -0.39 is 0 Å². The van der Waals surface area contributed by atoms with Crippen molar-refractivity contribution in [1.29, 1.82) is 0 Å². The van der Waals surface area contributed by atoms with Gasteiger partial charge in [0.05, 0.1) is 13.3 Å². The van der Waals surface area contributed by atoms with Crippen LogP contribution in [-0.4, -0.2) is 19.8 Å². The molecule has 2 rings (SSSR count). The van der Waals surface area contributed by atoms with E-state index >= 15 is 0 Å². The molecule has 1 atom stereocenters. The van der Waals surface area contributed by atoms with Crippen LogP contribution in [0.25, 0.3) is 10.8 Å². The van der Waals surface area contributed by atoms with Crippen molar-refractivity contribution in [2.24, 2.45) is 0 Å². The van der Waals surface area contributed by atoms with Gasteiger partial charge in [0.1, 0.15) is 5.75 Å². The van der Waals surface area contributed by atoms with E-state index in [0.29, 0.717) is 13.0 Å². The highest BCUT2D eigenvalue weighted by molar-refractivity contribution is 5.89. The van der Waals surface area contributed by atoms with Gasteiger partial charge in [-0.15, -0.1) is 0 Å². The number of nitrogens with one attached hydrogen (secondary N) is 1. The summed E-state index contributed by atoms with van der Waals surface area (Å²) >= 11 is 0. The molecule has 20 heavy (non-hydrogen) atoms. The highest BCUT2D eigenvalue weighted by Crippen LogP contribution is 2.33. The Morgan fingerprint density at radius 2 is 2.00 bits per heavy atom. The number of hydrogen-bond donors (Lipinski definition) is 1. The molecule has 0 aliphatic heterocycles. The van der Waals surface area contributed by atoms with E-state index in [9.17, 15) is 4.39 Å². The van der Waals surface area contributed by atoms with Gasteiger partial charge in [-0.3, -0.25) is 4.39 Å². The van der Waals surface area contributed by atoms with Crippen LogP contribution in [0.4, 0.5) is 4.39 Å². The number of fused-ring (bicyclic) bond motifs is 1. The van der Waals surface area contributed by atoms with Crippen molar-refractivity contribution in [3.05, 3.63) is 42.0 Å². The zero-order valence-electron chi connectivity index (χ0n) is 12.2. The second-order valence-electron chi connectivity index (χ2n) is 4.88. The van der Waals surface area contributed by atoms with Crippen molar-refractivity contribution >= 4 is 10.8 Å². The minimum atomic E-state index is -0.344. The minimum Gasteiger partial charge on any atom is -0.492 e. The smallest absolute Gasteiger partial charge is 0.131 e. The van der Waals surface area contributed by atoms with Gasteiger partial charge in [0, 0.05) is 23.4 Å². The molecule has 2 aromatic rings. The average molecular weight is 275 g/mol. The third kappa shape index (κ3) is 3.28. The average Bonchev–Trinajstić information content (AvgIpc) is 2.47. The molecule has 0 fully saturated rings. The van der Waals surface area contributed by atoms with Crippen LogP contribution in [-0.2, 0) is 0 Å². The Kier molecular flexibility index (Phi) is 5.36. The van der Waals surface area contributed by atoms with E-state index in [-0.39, 0.29) is 12.7 Å². The highest BCUT2D eigenvalue weighted by atomic mass is 19.1. The molecule has 1 unspecified atom stereocenters. The molecule has 2 nitrogen and oxygen atoms in total. The first-order chi connectivity index (χ1) is 9.77. The first kappa shape index (κ1) is 14.8. The predicted octanol–water partition coefficient (Wildman–Crippen LogP) is 4.25. The van der Waals surface area contributed by atoms with Gasteiger partial charge < -0.3 is 10.1 Å². The molecule has 0 aliphatic rings. The van der Waals surface area contributed by atoms with E-state index in [0.717, 1.165) is 28.6 Å². The second-order valence-corrected chi connectivity index (χ2v) is 4.88. The normalized spacial score (nSPS) is 12.6. The van der Waals surface area contributed by atoms with Crippen LogP contribution in [0.1, 0.15) is 31.9 Å². The van der Waals surface area contributed by atoms with Gasteiger partial charge in [0.2, 0.25) is 0 Å². The zero-order valence-corrected chi connectivity index (χ0v) is 12.2. The van der Waals surface area contributed by atoms with Gasteiger partial charge in [-0.05, 0) is 18.9 Å². The number of alkyl halides is 1. The largest absolute Gasteiger partial charge is 0.492 e. The molecule has 0 aromatic heterocycles. The van der Waals surface area contributed by atoms with Crippen molar-refractivity contribution in [3.8, 4) is 5.75 Å². The molecule has 0 saturated heterocycles. The van der Waals surface area contributed by atoms with Crippen molar-refractivity contribution in [2.45, 2.75) is 26.3 Å². The van der Waals surface area contributed by atoms with Crippen LogP contribution in [0.15, 0.2) is 36.4 Å². The fraction of sp³-hybridized carbons (Fsp3) is 0.412. The Labute approximate surface area is 119 Å². The molecule has 0 spiro atoms. The third-order valence-electron chi connectivity index (χ3n) is 3.41. The third-order valence-corrected chi connectivity index (χ3v) is 3.41. The van der Waals surface area contributed by atoms with E-state index in [1.165, 1.54) is 0 Å². The number of halogens is 1. The monoisotopic (exact) mass is 275 g/mol. The molecule has 0 saturated carbocycles. The first-order valence-corrected chi connectivity index (χ1v) is 7.21. The van der Waals surface area contributed by atoms with Crippen LogP contribution in [0, 0.1) is 0 Å². The summed E-state index contributed by atoms with van der Waals surface area (Å²) in [5.41, 5.74) is 1.13. The van der Waals surface area contributed by atoms with E-state index in [1.807, 2.05) is 12.1 Å². The summed E-state index contributed by atoms with van der Waals surface area (Å²) in [6.07, 6.45) is 0.429. The predicted molar refractivity (Wildman–Crippen MR) is 82.1 cm³/mol. The summed E-state index contributed by atoms with van der Waals surface area (Å²) < 4.78 is 18.2. The second kappa shape index (κ2) is 7.25. The standard InChI is InChI=1S/C17H22FNO/c1-3-19-13(2)15-10-9-14-7-4-5-8-16(14)17(15)20-12-6-11-18/h4-5,7-10,13,19H,3,6,11-12H2,1-2H3. The minimum absolute atomic E-state index is 0.213. The Hall–Kier alpha value is -1.61. The van der Waals surface area contributed by atoms with Gasteiger partial charge in [0.15, 0.2) is 0 Å². The molecule has 0 aliphatic carbocycles. The molecule has 1 N–H and O–H groups in total. The van der Waals surface area contributed by atoms with Gasteiger partial charge in [-0.1, -0.05) is 43.3 Å². The summed E-state index contributed by atoms with van der Waals surface area (Å²) in [4.78, 5) is 0. The van der Waals surface area contributed by atoms with Gasteiger partial charge in [-0.25, -0.2) is 0 Å². The summed E-state index contributed by atoms with van der Waals surface area (Å²) in [7, 11) is 0. The van der Waals surface area contributed by atoms with E-state index in [1.54, 1.807) is 0 Å². The molecule has 0 amide bonds. The summed E-state index contributed by atoms with van der Waals surface area (Å²) in [6.45, 7) is 5.17. The van der Waals surface area contributed by atoms with Crippen LogP contribution < -0.4 is 10.1 Å². The molecule has 0 bridgehead atoms. The summed E-state index contributed by atoms with van der Waals surface area (Å²) in [5.74, 6) is 0.880. The maximum atomic E-state index is 12.3. The highest BCUT2D eigenvalue weighted by Gasteiger charge is 2.14. The fourth-order valence-corrected chi connectivity index (χ4v) is 2.41. The Balaban J connectivity index is 2.41. The topological polar surface area (TPSA) is 21.3 Å². The molecule has 108 valence electrons. The fourth-order valence-electron chi connectivity index (χ4n) is 2.41. The summed E-state index contributed by atoms with van der Waals surface area (Å²) in [6, 6.07) is 12.6. The number of hydrogen-bond acceptors (Lipinski definition) is 2.